The zero-order valence-corrected chi connectivity index (χ0v) is 8.23. The standard InChI is InChI=1S/C12H11NO2/c13-8-9-1-3-10(4-2-9)12(5-6-12)7-11(14)15/h1-4H,5-7H2,(H,14,15). The van der Waals surface area contributed by atoms with E-state index in [2.05, 4.69) is 6.07 Å². The normalized spacial score (nSPS) is 16.7. The summed E-state index contributed by atoms with van der Waals surface area (Å²) < 4.78 is 0. The van der Waals surface area contributed by atoms with Gasteiger partial charge >= 0.3 is 5.97 Å². The Morgan fingerprint density at radius 2 is 2.00 bits per heavy atom. The molecule has 1 aliphatic carbocycles. The van der Waals surface area contributed by atoms with Crippen LogP contribution in [0, 0.1) is 11.3 Å². The van der Waals surface area contributed by atoms with E-state index in [0.29, 0.717) is 5.56 Å². The lowest BCUT2D eigenvalue weighted by Crippen LogP contribution is -2.12. The average molecular weight is 201 g/mol. The van der Waals surface area contributed by atoms with Gasteiger partial charge in [-0.2, -0.15) is 5.26 Å². The van der Waals surface area contributed by atoms with Gasteiger partial charge < -0.3 is 5.11 Å². The number of hydrogen-bond donors (Lipinski definition) is 1. The van der Waals surface area contributed by atoms with Crippen molar-refractivity contribution < 1.29 is 9.90 Å². The topological polar surface area (TPSA) is 61.1 Å². The zero-order valence-electron chi connectivity index (χ0n) is 8.23. The van der Waals surface area contributed by atoms with Gasteiger partial charge in [-0.05, 0) is 30.5 Å². The number of benzene rings is 1. The van der Waals surface area contributed by atoms with Crippen LogP contribution in [0.2, 0.25) is 0 Å². The van der Waals surface area contributed by atoms with Gasteiger partial charge in [-0.1, -0.05) is 12.1 Å². The Morgan fingerprint density at radius 3 is 2.40 bits per heavy atom. The third kappa shape index (κ3) is 1.84. The van der Waals surface area contributed by atoms with Crippen LogP contribution in [0.4, 0.5) is 0 Å². The molecular formula is C12H11NO2. The fourth-order valence-electron chi connectivity index (χ4n) is 1.91. The summed E-state index contributed by atoms with van der Waals surface area (Å²) in [5, 5.41) is 17.4. The summed E-state index contributed by atoms with van der Waals surface area (Å²) in [5.41, 5.74) is 1.51. The molecule has 2 rings (SSSR count). The van der Waals surface area contributed by atoms with E-state index in [1.807, 2.05) is 12.1 Å². The van der Waals surface area contributed by atoms with Crippen LogP contribution in [-0.2, 0) is 10.2 Å². The molecule has 1 aliphatic rings. The highest BCUT2D eigenvalue weighted by Gasteiger charge is 2.45. The van der Waals surface area contributed by atoms with Crippen molar-refractivity contribution in [3.8, 4) is 6.07 Å². The molecule has 3 nitrogen and oxygen atoms in total. The van der Waals surface area contributed by atoms with E-state index in [1.165, 1.54) is 0 Å². The first-order valence-corrected chi connectivity index (χ1v) is 4.89. The summed E-state index contributed by atoms with van der Waals surface area (Å²) >= 11 is 0. The molecule has 3 heteroatoms. The van der Waals surface area contributed by atoms with Crippen molar-refractivity contribution >= 4 is 5.97 Å². The molecule has 0 spiro atoms. The van der Waals surface area contributed by atoms with Crippen LogP contribution in [-0.4, -0.2) is 11.1 Å². The van der Waals surface area contributed by atoms with Gasteiger partial charge in [0.2, 0.25) is 0 Å². The Hall–Kier alpha value is -1.82. The first-order valence-electron chi connectivity index (χ1n) is 4.89. The van der Waals surface area contributed by atoms with Crippen molar-refractivity contribution in [2.45, 2.75) is 24.7 Å². The van der Waals surface area contributed by atoms with Crippen molar-refractivity contribution in [3.63, 3.8) is 0 Å². The molecule has 76 valence electrons. The molecule has 0 unspecified atom stereocenters. The molecule has 0 heterocycles. The number of rotatable bonds is 3. The molecule has 1 fully saturated rings. The molecular weight excluding hydrogens is 190 g/mol. The summed E-state index contributed by atoms with van der Waals surface area (Å²) in [6.45, 7) is 0. The minimum absolute atomic E-state index is 0.153. The molecule has 1 aromatic rings. The number of hydrogen-bond acceptors (Lipinski definition) is 2. The lowest BCUT2D eigenvalue weighted by atomic mass is 9.92. The maximum absolute atomic E-state index is 10.7. The van der Waals surface area contributed by atoms with E-state index < -0.39 is 5.97 Å². The molecule has 1 N–H and O–H groups in total. The maximum Gasteiger partial charge on any atom is 0.304 e. The van der Waals surface area contributed by atoms with Gasteiger partial charge in [0.1, 0.15) is 0 Å². The number of nitrogens with zero attached hydrogens (tertiary/aromatic N) is 1. The summed E-state index contributed by atoms with van der Waals surface area (Å²) in [5.74, 6) is -0.753. The van der Waals surface area contributed by atoms with Crippen molar-refractivity contribution in [2.75, 3.05) is 0 Å². The number of nitriles is 1. The van der Waals surface area contributed by atoms with Gasteiger partial charge in [-0.3, -0.25) is 4.79 Å². The van der Waals surface area contributed by atoms with E-state index in [-0.39, 0.29) is 11.8 Å². The quantitative estimate of drug-likeness (QED) is 0.814. The molecule has 1 saturated carbocycles. The predicted octanol–water partition coefficient (Wildman–Crippen LogP) is 2.06. The van der Waals surface area contributed by atoms with E-state index in [4.69, 9.17) is 10.4 Å². The highest BCUT2D eigenvalue weighted by Crippen LogP contribution is 2.50. The van der Waals surface area contributed by atoms with Crippen LogP contribution in [0.3, 0.4) is 0 Å². The average Bonchev–Trinajstić information content (AvgIpc) is 2.98. The van der Waals surface area contributed by atoms with Crippen LogP contribution in [0.5, 0.6) is 0 Å². The fourth-order valence-corrected chi connectivity index (χ4v) is 1.91. The van der Waals surface area contributed by atoms with Crippen molar-refractivity contribution in [1.82, 2.24) is 0 Å². The lowest BCUT2D eigenvalue weighted by Gasteiger charge is -2.12. The highest BCUT2D eigenvalue weighted by atomic mass is 16.4. The minimum Gasteiger partial charge on any atom is -0.481 e. The molecule has 0 amide bonds. The Balaban J connectivity index is 2.23. The maximum atomic E-state index is 10.7. The molecule has 15 heavy (non-hydrogen) atoms. The van der Waals surface area contributed by atoms with Crippen LogP contribution < -0.4 is 0 Å². The van der Waals surface area contributed by atoms with Gasteiger partial charge in [-0.25, -0.2) is 0 Å². The zero-order chi connectivity index (χ0) is 10.9. The number of aliphatic carboxylic acids is 1. The second kappa shape index (κ2) is 3.39. The Kier molecular flexibility index (Phi) is 2.20. The Morgan fingerprint density at radius 1 is 1.40 bits per heavy atom. The summed E-state index contributed by atoms with van der Waals surface area (Å²) in [4.78, 5) is 10.7. The predicted molar refractivity (Wildman–Crippen MR) is 54.3 cm³/mol. The number of carbonyl (C=O) groups is 1. The fraction of sp³-hybridized carbons (Fsp3) is 0.333. The molecule has 0 atom stereocenters. The minimum atomic E-state index is -0.753. The smallest absolute Gasteiger partial charge is 0.304 e. The summed E-state index contributed by atoms with van der Waals surface area (Å²) in [7, 11) is 0. The third-order valence-electron chi connectivity index (χ3n) is 2.97. The second-order valence-electron chi connectivity index (χ2n) is 4.04. The first kappa shape index (κ1) is 9.72. The first-order chi connectivity index (χ1) is 7.16. The molecule has 0 aliphatic heterocycles. The van der Waals surface area contributed by atoms with Gasteiger partial charge in [0.15, 0.2) is 0 Å². The Bertz CT molecular complexity index is 424. The van der Waals surface area contributed by atoms with E-state index >= 15 is 0 Å². The summed E-state index contributed by atoms with van der Waals surface area (Å²) in [6, 6.07) is 9.28. The number of carboxylic acids is 1. The SMILES string of the molecule is N#Cc1ccc(C2(CC(=O)O)CC2)cc1. The monoisotopic (exact) mass is 201 g/mol. The van der Waals surface area contributed by atoms with Crippen LogP contribution in [0.1, 0.15) is 30.4 Å². The van der Waals surface area contributed by atoms with Gasteiger partial charge in [0, 0.05) is 5.41 Å². The summed E-state index contributed by atoms with van der Waals surface area (Å²) in [6.07, 6.45) is 2.06. The Labute approximate surface area is 88.0 Å². The van der Waals surface area contributed by atoms with Crippen LogP contribution >= 0.6 is 0 Å². The number of carboxylic acid groups (broad SMARTS) is 1. The second-order valence-corrected chi connectivity index (χ2v) is 4.04. The van der Waals surface area contributed by atoms with Crippen molar-refractivity contribution in [3.05, 3.63) is 35.4 Å². The molecule has 0 radical (unpaired) electrons. The van der Waals surface area contributed by atoms with E-state index in [0.717, 1.165) is 18.4 Å². The molecule has 0 saturated heterocycles. The highest BCUT2D eigenvalue weighted by molar-refractivity contribution is 5.70. The van der Waals surface area contributed by atoms with Crippen LogP contribution in [0.15, 0.2) is 24.3 Å². The van der Waals surface area contributed by atoms with Crippen molar-refractivity contribution in [2.24, 2.45) is 0 Å². The van der Waals surface area contributed by atoms with E-state index in [1.54, 1.807) is 12.1 Å². The lowest BCUT2D eigenvalue weighted by molar-refractivity contribution is -0.137. The largest absolute Gasteiger partial charge is 0.481 e. The van der Waals surface area contributed by atoms with E-state index in [9.17, 15) is 4.79 Å². The molecule has 1 aromatic carbocycles. The third-order valence-corrected chi connectivity index (χ3v) is 2.97. The molecule has 0 aromatic heterocycles. The van der Waals surface area contributed by atoms with Crippen LogP contribution in [0.25, 0.3) is 0 Å². The molecule has 0 bridgehead atoms. The van der Waals surface area contributed by atoms with Gasteiger partial charge in [0.05, 0.1) is 18.1 Å². The van der Waals surface area contributed by atoms with Gasteiger partial charge in [0.25, 0.3) is 0 Å². The van der Waals surface area contributed by atoms with Gasteiger partial charge in [-0.15, -0.1) is 0 Å². The van der Waals surface area contributed by atoms with Crippen molar-refractivity contribution in [1.29, 1.82) is 5.26 Å².